The maximum absolute atomic E-state index is 12.6. The molecule has 0 bridgehead atoms. The Balaban J connectivity index is 1.40. The van der Waals surface area contributed by atoms with Gasteiger partial charge in [-0.3, -0.25) is 4.79 Å². The number of likely N-dealkylation sites (tertiary alicyclic amines) is 1. The molecule has 173 valence electrons. The SMILES string of the molecule is O=C1[N]C=Cc2cc(-c3cccc(O)c3)nc(Nc3ccc(C4CCN(CCO)CC4)cc3)c21. The number of hydrogen-bond donors (Lipinski definition) is 3. The zero-order valence-electron chi connectivity index (χ0n) is 18.8. The number of amides is 1. The van der Waals surface area contributed by atoms with Gasteiger partial charge in [-0.15, -0.1) is 0 Å². The van der Waals surface area contributed by atoms with Gasteiger partial charge in [-0.2, -0.15) is 0 Å². The minimum atomic E-state index is -0.332. The second kappa shape index (κ2) is 9.67. The van der Waals surface area contributed by atoms with E-state index in [9.17, 15) is 9.90 Å². The molecule has 1 radical (unpaired) electrons. The normalized spacial score (nSPS) is 16.2. The van der Waals surface area contributed by atoms with Crippen molar-refractivity contribution in [3.63, 3.8) is 0 Å². The van der Waals surface area contributed by atoms with Gasteiger partial charge in [0.2, 0.25) is 0 Å². The van der Waals surface area contributed by atoms with Crippen LogP contribution in [-0.2, 0) is 0 Å². The van der Waals surface area contributed by atoms with Crippen LogP contribution in [0.4, 0.5) is 11.5 Å². The molecule has 1 aromatic heterocycles. The maximum Gasteiger partial charge on any atom is 0.281 e. The number of rotatable bonds is 6. The Bertz CT molecular complexity index is 1220. The van der Waals surface area contributed by atoms with E-state index in [1.807, 2.05) is 24.3 Å². The topological polar surface area (TPSA) is 99.8 Å². The van der Waals surface area contributed by atoms with Gasteiger partial charge in [0.1, 0.15) is 11.6 Å². The number of benzene rings is 2. The van der Waals surface area contributed by atoms with E-state index >= 15 is 0 Å². The van der Waals surface area contributed by atoms with Crippen LogP contribution in [0.2, 0.25) is 0 Å². The molecule has 1 fully saturated rings. The summed E-state index contributed by atoms with van der Waals surface area (Å²) in [6.07, 6.45) is 5.45. The number of phenolic OH excluding ortho intramolecular Hbond substituents is 1. The first-order chi connectivity index (χ1) is 16.6. The molecule has 0 unspecified atom stereocenters. The summed E-state index contributed by atoms with van der Waals surface area (Å²) < 4.78 is 0. The number of aromatic nitrogens is 1. The fraction of sp³-hybridized carbons (Fsp3) is 0.259. The molecule has 3 aromatic rings. The van der Waals surface area contributed by atoms with Crippen LogP contribution in [0.5, 0.6) is 5.75 Å². The number of nitrogens with zero attached hydrogens (tertiary/aromatic N) is 3. The summed E-state index contributed by atoms with van der Waals surface area (Å²) in [7, 11) is 0. The third-order valence-electron chi connectivity index (χ3n) is 6.50. The predicted molar refractivity (Wildman–Crippen MR) is 132 cm³/mol. The van der Waals surface area contributed by atoms with Crippen molar-refractivity contribution in [1.29, 1.82) is 0 Å². The van der Waals surface area contributed by atoms with Gasteiger partial charge in [-0.05, 0) is 79.4 Å². The van der Waals surface area contributed by atoms with Crippen molar-refractivity contribution in [3.8, 4) is 17.0 Å². The molecule has 1 amide bonds. The van der Waals surface area contributed by atoms with E-state index in [2.05, 4.69) is 27.7 Å². The van der Waals surface area contributed by atoms with Gasteiger partial charge in [0.05, 0.1) is 17.9 Å². The Morgan fingerprint density at radius 2 is 1.85 bits per heavy atom. The summed E-state index contributed by atoms with van der Waals surface area (Å²) >= 11 is 0. The minimum absolute atomic E-state index is 0.158. The Labute approximate surface area is 198 Å². The van der Waals surface area contributed by atoms with Gasteiger partial charge in [0.25, 0.3) is 5.91 Å². The summed E-state index contributed by atoms with van der Waals surface area (Å²) in [6, 6.07) is 17.0. The molecule has 5 rings (SSSR count). The van der Waals surface area contributed by atoms with E-state index in [1.54, 1.807) is 24.3 Å². The van der Waals surface area contributed by atoms with Crippen LogP contribution in [0, 0.1) is 0 Å². The van der Waals surface area contributed by atoms with Crippen LogP contribution in [0.25, 0.3) is 17.3 Å². The zero-order valence-corrected chi connectivity index (χ0v) is 18.8. The molecular formula is C27H27N4O3. The first kappa shape index (κ1) is 22.1. The molecule has 0 spiro atoms. The summed E-state index contributed by atoms with van der Waals surface area (Å²) in [5, 5.41) is 26.3. The molecule has 7 nitrogen and oxygen atoms in total. The number of carbonyl (C=O) groups is 1. The molecule has 1 saturated heterocycles. The highest BCUT2D eigenvalue weighted by Crippen LogP contribution is 2.33. The number of carbonyl (C=O) groups excluding carboxylic acids is 1. The number of fused-ring (bicyclic) bond motifs is 1. The van der Waals surface area contributed by atoms with Gasteiger partial charge in [-0.1, -0.05) is 24.3 Å². The van der Waals surface area contributed by atoms with Crippen molar-refractivity contribution < 1.29 is 15.0 Å². The average molecular weight is 456 g/mol. The van der Waals surface area contributed by atoms with Gasteiger partial charge in [0.15, 0.2) is 0 Å². The van der Waals surface area contributed by atoms with Crippen molar-refractivity contribution >= 4 is 23.5 Å². The number of piperidine rings is 1. The maximum atomic E-state index is 12.6. The van der Waals surface area contributed by atoms with Crippen LogP contribution in [0.15, 0.2) is 60.8 Å². The van der Waals surface area contributed by atoms with Crippen molar-refractivity contribution in [2.75, 3.05) is 31.6 Å². The predicted octanol–water partition coefficient (Wildman–Crippen LogP) is 4.10. The standard InChI is InChI=1S/C27H27N4O3/c32-15-14-31-12-9-19(10-13-31)18-4-6-22(7-5-18)29-26-25-21(8-11-28-27(25)34)17-24(30-26)20-2-1-3-23(33)16-20/h1-8,11,16-17,19,32-33H,9-10,12-15H2,(H,29,30). The Hall–Kier alpha value is -3.68. The second-order valence-corrected chi connectivity index (χ2v) is 8.71. The summed E-state index contributed by atoms with van der Waals surface area (Å²) in [6.45, 7) is 2.96. The van der Waals surface area contributed by atoms with Crippen LogP contribution in [0.1, 0.15) is 40.2 Å². The Morgan fingerprint density at radius 3 is 2.59 bits per heavy atom. The number of aliphatic hydroxyl groups is 1. The van der Waals surface area contributed by atoms with E-state index in [0.29, 0.717) is 23.0 Å². The molecule has 34 heavy (non-hydrogen) atoms. The van der Waals surface area contributed by atoms with Crippen LogP contribution in [0.3, 0.4) is 0 Å². The lowest BCUT2D eigenvalue weighted by atomic mass is 9.89. The molecule has 0 saturated carbocycles. The zero-order chi connectivity index (χ0) is 23.5. The number of nitrogens with one attached hydrogen (secondary N) is 1. The highest BCUT2D eigenvalue weighted by atomic mass is 16.3. The molecule has 2 aliphatic heterocycles. The van der Waals surface area contributed by atoms with Crippen molar-refractivity contribution in [2.45, 2.75) is 18.8 Å². The monoisotopic (exact) mass is 455 g/mol. The molecule has 7 heteroatoms. The van der Waals surface area contributed by atoms with E-state index in [4.69, 9.17) is 10.1 Å². The molecule has 2 aliphatic rings. The summed E-state index contributed by atoms with van der Waals surface area (Å²) in [4.78, 5) is 19.6. The number of phenols is 1. The summed E-state index contributed by atoms with van der Waals surface area (Å²) in [5.41, 5.74) is 4.73. The van der Waals surface area contributed by atoms with E-state index in [1.165, 1.54) is 11.8 Å². The molecular weight excluding hydrogens is 428 g/mol. The van der Waals surface area contributed by atoms with Gasteiger partial charge in [0, 0.05) is 24.0 Å². The number of pyridine rings is 1. The third-order valence-corrected chi connectivity index (χ3v) is 6.50. The number of β-amino-alcohol motifs (C(OH)–C–C–N with tert-alkyl or cyclic N) is 1. The summed E-state index contributed by atoms with van der Waals surface area (Å²) in [5.74, 6) is 0.778. The lowest BCUT2D eigenvalue weighted by Gasteiger charge is -2.31. The first-order valence-electron chi connectivity index (χ1n) is 11.6. The first-order valence-corrected chi connectivity index (χ1v) is 11.6. The molecule has 0 aliphatic carbocycles. The minimum Gasteiger partial charge on any atom is -0.508 e. The largest absolute Gasteiger partial charge is 0.508 e. The fourth-order valence-electron chi connectivity index (χ4n) is 4.68. The smallest absolute Gasteiger partial charge is 0.281 e. The number of aromatic hydroxyl groups is 1. The third kappa shape index (κ3) is 4.66. The fourth-order valence-corrected chi connectivity index (χ4v) is 4.68. The number of aliphatic hydroxyl groups excluding tert-OH is 1. The van der Waals surface area contributed by atoms with E-state index < -0.39 is 0 Å². The van der Waals surface area contributed by atoms with Crippen LogP contribution in [-0.4, -0.2) is 52.2 Å². The number of anilines is 2. The highest BCUT2D eigenvalue weighted by molar-refractivity contribution is 6.05. The Kier molecular flexibility index (Phi) is 6.29. The lowest BCUT2D eigenvalue weighted by Crippen LogP contribution is -2.34. The van der Waals surface area contributed by atoms with Crippen LogP contribution >= 0.6 is 0 Å². The van der Waals surface area contributed by atoms with Crippen molar-refractivity contribution in [1.82, 2.24) is 15.2 Å². The lowest BCUT2D eigenvalue weighted by molar-refractivity contribution is 0.0965. The van der Waals surface area contributed by atoms with Crippen LogP contribution < -0.4 is 10.6 Å². The average Bonchev–Trinajstić information content (AvgIpc) is 2.85. The van der Waals surface area contributed by atoms with Crippen molar-refractivity contribution in [2.24, 2.45) is 0 Å². The highest BCUT2D eigenvalue weighted by Gasteiger charge is 2.23. The van der Waals surface area contributed by atoms with Crippen molar-refractivity contribution in [3.05, 3.63) is 77.5 Å². The Morgan fingerprint density at radius 1 is 1.06 bits per heavy atom. The molecule has 3 heterocycles. The molecule has 0 atom stereocenters. The quantitative estimate of drug-likeness (QED) is 0.518. The van der Waals surface area contributed by atoms with Gasteiger partial charge >= 0.3 is 0 Å². The molecule has 2 aromatic carbocycles. The number of hydrogen-bond acceptors (Lipinski definition) is 6. The van der Waals surface area contributed by atoms with Gasteiger partial charge < -0.3 is 20.4 Å². The second-order valence-electron chi connectivity index (χ2n) is 8.71. The molecule has 3 N–H and O–H groups in total. The van der Waals surface area contributed by atoms with Gasteiger partial charge in [-0.25, -0.2) is 10.3 Å². The van der Waals surface area contributed by atoms with E-state index in [0.717, 1.165) is 49.3 Å². The van der Waals surface area contributed by atoms with E-state index in [-0.39, 0.29) is 18.3 Å².